The van der Waals surface area contributed by atoms with Gasteiger partial charge in [-0.2, -0.15) is 0 Å². The van der Waals surface area contributed by atoms with Gasteiger partial charge in [-0.1, -0.05) is 36.6 Å². The van der Waals surface area contributed by atoms with Crippen LogP contribution in [0.1, 0.15) is 31.2 Å². The Kier molecular flexibility index (Phi) is 6.54. The minimum atomic E-state index is -0.707. The molecule has 3 rings (SSSR count). The van der Waals surface area contributed by atoms with E-state index in [4.69, 9.17) is 16.3 Å². The molecule has 1 aliphatic carbocycles. The van der Waals surface area contributed by atoms with Crippen molar-refractivity contribution in [1.29, 1.82) is 0 Å². The number of hydrogen-bond acceptors (Lipinski definition) is 3. The number of hydrogen-bond donors (Lipinski definition) is 1. The first-order chi connectivity index (χ1) is 10.2. The molecule has 1 heterocycles. The predicted octanol–water partition coefficient (Wildman–Crippen LogP) is 3.47. The molecule has 22 heavy (non-hydrogen) atoms. The van der Waals surface area contributed by atoms with Gasteiger partial charge in [0, 0.05) is 30.6 Å². The van der Waals surface area contributed by atoms with Gasteiger partial charge in [-0.25, -0.2) is 0 Å². The van der Waals surface area contributed by atoms with E-state index in [2.05, 4.69) is 4.90 Å². The summed E-state index contributed by atoms with van der Waals surface area (Å²) in [5.74, 6) is 0.297. The summed E-state index contributed by atoms with van der Waals surface area (Å²) in [4.78, 5) is 2.43. The van der Waals surface area contributed by atoms with Crippen LogP contribution in [0.3, 0.4) is 0 Å². The van der Waals surface area contributed by atoms with Gasteiger partial charge in [-0.15, -0.1) is 12.4 Å². The van der Waals surface area contributed by atoms with E-state index in [1.807, 2.05) is 24.3 Å². The van der Waals surface area contributed by atoms with Gasteiger partial charge in [0.2, 0.25) is 0 Å². The normalized spacial score (nSPS) is 29.8. The van der Waals surface area contributed by atoms with Crippen LogP contribution in [0.15, 0.2) is 24.3 Å². The molecule has 1 aromatic rings. The van der Waals surface area contributed by atoms with Gasteiger partial charge in [0.1, 0.15) is 0 Å². The second-order valence-electron chi connectivity index (χ2n) is 6.29. The molecule has 1 saturated carbocycles. The van der Waals surface area contributed by atoms with Gasteiger partial charge >= 0.3 is 0 Å². The van der Waals surface area contributed by atoms with Crippen LogP contribution in [0.4, 0.5) is 0 Å². The summed E-state index contributed by atoms with van der Waals surface area (Å²) in [6, 6.07) is 7.74. The largest absolute Gasteiger partial charge is 0.385 e. The molecule has 0 bridgehead atoms. The number of rotatable bonds is 3. The Hall–Kier alpha value is -0.320. The van der Waals surface area contributed by atoms with Crippen molar-refractivity contribution < 1.29 is 9.84 Å². The molecule has 0 amide bonds. The summed E-state index contributed by atoms with van der Waals surface area (Å²) in [6.45, 7) is 4.54. The zero-order valence-electron chi connectivity index (χ0n) is 12.8. The molecule has 2 aliphatic rings. The van der Waals surface area contributed by atoms with E-state index in [1.165, 1.54) is 6.42 Å². The molecule has 2 fully saturated rings. The first kappa shape index (κ1) is 18.0. The maximum Gasteiger partial charge on any atom is 0.0936 e. The molecular weight excluding hydrogens is 321 g/mol. The fourth-order valence-corrected chi connectivity index (χ4v) is 3.81. The molecule has 1 aliphatic heterocycles. The van der Waals surface area contributed by atoms with E-state index < -0.39 is 5.60 Å². The average molecular weight is 346 g/mol. The summed E-state index contributed by atoms with van der Waals surface area (Å²) < 4.78 is 5.42. The standard InChI is InChI=1S/C17H24ClNO2.ClH/c18-16-6-4-14(5-7-16)17(20)8-2-1-3-15(17)13-19-9-11-21-12-10-19;/h4-7,15,20H,1-3,8-13H2;1H. The zero-order chi connectivity index (χ0) is 14.7. The topological polar surface area (TPSA) is 32.7 Å². The van der Waals surface area contributed by atoms with Crippen molar-refractivity contribution >= 4 is 24.0 Å². The predicted molar refractivity (Wildman–Crippen MR) is 91.8 cm³/mol. The van der Waals surface area contributed by atoms with Crippen LogP contribution >= 0.6 is 24.0 Å². The van der Waals surface area contributed by atoms with Gasteiger partial charge in [0.25, 0.3) is 0 Å². The molecule has 3 nitrogen and oxygen atoms in total. The van der Waals surface area contributed by atoms with Crippen LogP contribution in [0.5, 0.6) is 0 Å². The van der Waals surface area contributed by atoms with Crippen LogP contribution in [0.25, 0.3) is 0 Å². The van der Waals surface area contributed by atoms with E-state index in [1.54, 1.807) is 0 Å². The van der Waals surface area contributed by atoms with E-state index in [0.717, 1.165) is 62.7 Å². The Morgan fingerprint density at radius 1 is 1.18 bits per heavy atom. The van der Waals surface area contributed by atoms with Crippen molar-refractivity contribution in [2.75, 3.05) is 32.8 Å². The van der Waals surface area contributed by atoms with Gasteiger partial charge in [0.05, 0.1) is 18.8 Å². The lowest BCUT2D eigenvalue weighted by atomic mass is 9.71. The molecule has 1 N–H and O–H groups in total. The van der Waals surface area contributed by atoms with E-state index in [0.29, 0.717) is 5.92 Å². The quantitative estimate of drug-likeness (QED) is 0.910. The van der Waals surface area contributed by atoms with Crippen molar-refractivity contribution in [2.24, 2.45) is 5.92 Å². The third kappa shape index (κ3) is 3.95. The van der Waals surface area contributed by atoms with Gasteiger partial charge in [-0.05, 0) is 30.5 Å². The first-order valence-corrected chi connectivity index (χ1v) is 8.35. The van der Waals surface area contributed by atoms with Crippen molar-refractivity contribution in [2.45, 2.75) is 31.3 Å². The average Bonchev–Trinajstić information content (AvgIpc) is 2.51. The second-order valence-corrected chi connectivity index (χ2v) is 6.72. The highest BCUT2D eigenvalue weighted by molar-refractivity contribution is 6.30. The highest BCUT2D eigenvalue weighted by Crippen LogP contribution is 2.42. The molecule has 1 aromatic carbocycles. The Bertz CT molecular complexity index is 462. The molecule has 5 heteroatoms. The summed E-state index contributed by atoms with van der Waals surface area (Å²) in [6.07, 6.45) is 4.25. The fourth-order valence-electron chi connectivity index (χ4n) is 3.68. The number of nitrogens with zero attached hydrogens (tertiary/aromatic N) is 1. The molecule has 0 radical (unpaired) electrons. The highest BCUT2D eigenvalue weighted by Gasteiger charge is 2.41. The summed E-state index contributed by atoms with van der Waals surface area (Å²) >= 11 is 5.98. The smallest absolute Gasteiger partial charge is 0.0936 e. The number of benzene rings is 1. The van der Waals surface area contributed by atoms with Crippen molar-refractivity contribution in [3.63, 3.8) is 0 Å². The molecule has 2 unspecified atom stereocenters. The van der Waals surface area contributed by atoms with Crippen LogP contribution < -0.4 is 0 Å². The zero-order valence-corrected chi connectivity index (χ0v) is 14.4. The number of aliphatic hydroxyl groups is 1. The lowest BCUT2D eigenvalue weighted by molar-refractivity contribution is -0.0745. The first-order valence-electron chi connectivity index (χ1n) is 7.97. The Balaban J connectivity index is 0.00000176. The third-order valence-electron chi connectivity index (χ3n) is 4.96. The summed E-state index contributed by atoms with van der Waals surface area (Å²) in [5, 5.41) is 12.0. The Labute approximate surface area is 144 Å². The molecular formula is C17H25Cl2NO2. The van der Waals surface area contributed by atoms with Crippen LogP contribution in [0.2, 0.25) is 5.02 Å². The summed E-state index contributed by atoms with van der Waals surface area (Å²) in [5.41, 5.74) is 0.311. The van der Waals surface area contributed by atoms with E-state index in [-0.39, 0.29) is 12.4 Å². The van der Waals surface area contributed by atoms with Crippen molar-refractivity contribution in [3.05, 3.63) is 34.9 Å². The maximum absolute atomic E-state index is 11.3. The van der Waals surface area contributed by atoms with E-state index in [9.17, 15) is 5.11 Å². The molecule has 1 saturated heterocycles. The van der Waals surface area contributed by atoms with E-state index >= 15 is 0 Å². The fraction of sp³-hybridized carbons (Fsp3) is 0.647. The minimum absolute atomic E-state index is 0. The lowest BCUT2D eigenvalue weighted by Crippen LogP contribution is -2.47. The molecule has 0 spiro atoms. The van der Waals surface area contributed by atoms with Gasteiger partial charge in [-0.3, -0.25) is 4.90 Å². The minimum Gasteiger partial charge on any atom is -0.385 e. The van der Waals surface area contributed by atoms with Crippen molar-refractivity contribution in [1.82, 2.24) is 4.90 Å². The Morgan fingerprint density at radius 2 is 1.86 bits per heavy atom. The lowest BCUT2D eigenvalue weighted by Gasteiger charge is -2.43. The summed E-state index contributed by atoms with van der Waals surface area (Å²) in [7, 11) is 0. The molecule has 124 valence electrons. The highest BCUT2D eigenvalue weighted by atomic mass is 35.5. The van der Waals surface area contributed by atoms with Crippen LogP contribution in [0, 0.1) is 5.92 Å². The number of halogens is 2. The third-order valence-corrected chi connectivity index (χ3v) is 5.21. The molecule has 0 aromatic heterocycles. The Morgan fingerprint density at radius 3 is 2.55 bits per heavy atom. The SMILES string of the molecule is Cl.OC1(c2ccc(Cl)cc2)CCCCC1CN1CCOCC1. The van der Waals surface area contributed by atoms with Crippen molar-refractivity contribution in [3.8, 4) is 0 Å². The van der Waals surface area contributed by atoms with Crippen LogP contribution in [-0.2, 0) is 10.3 Å². The van der Waals surface area contributed by atoms with Crippen LogP contribution in [-0.4, -0.2) is 42.9 Å². The maximum atomic E-state index is 11.3. The van der Waals surface area contributed by atoms with Gasteiger partial charge in [0.15, 0.2) is 0 Å². The van der Waals surface area contributed by atoms with Gasteiger partial charge < -0.3 is 9.84 Å². The monoisotopic (exact) mass is 345 g/mol. The molecule has 2 atom stereocenters. The second kappa shape index (κ2) is 7.98. The number of ether oxygens (including phenoxy) is 1. The number of morpholine rings is 1.